The van der Waals surface area contributed by atoms with Gasteiger partial charge in [-0.25, -0.2) is 8.78 Å². The van der Waals surface area contributed by atoms with Crippen molar-refractivity contribution >= 4 is 10.9 Å². The van der Waals surface area contributed by atoms with Crippen molar-refractivity contribution in [2.24, 2.45) is 0 Å². The number of aromatic nitrogens is 1. The average molecular weight is 336 g/mol. The summed E-state index contributed by atoms with van der Waals surface area (Å²) in [5.74, 6) is 1.54. The topological polar surface area (TPSA) is 37.5 Å². The Morgan fingerprint density at radius 1 is 1.38 bits per heavy atom. The Hall–Kier alpha value is -2.08. The van der Waals surface area contributed by atoms with E-state index in [9.17, 15) is 8.78 Å². The molecule has 4 nitrogen and oxygen atoms in total. The van der Waals surface area contributed by atoms with Crippen LogP contribution >= 0.6 is 0 Å². The van der Waals surface area contributed by atoms with Crippen molar-refractivity contribution in [2.45, 2.75) is 26.3 Å². The molecule has 0 saturated carbocycles. The summed E-state index contributed by atoms with van der Waals surface area (Å²) in [5, 5.41) is 1.16. The van der Waals surface area contributed by atoms with Gasteiger partial charge in [-0.1, -0.05) is 0 Å². The normalized spacial score (nSPS) is 15.8. The van der Waals surface area contributed by atoms with Crippen molar-refractivity contribution in [3.8, 4) is 5.75 Å². The van der Waals surface area contributed by atoms with Crippen LogP contribution in [0.4, 0.5) is 8.78 Å². The number of benzene rings is 1. The van der Waals surface area contributed by atoms with Gasteiger partial charge in [-0.3, -0.25) is 4.90 Å². The molecule has 0 aliphatic carbocycles. The fourth-order valence-electron chi connectivity index (χ4n) is 3.14. The molecule has 0 bridgehead atoms. The SMILES string of the molecule is COc1cc(C)c2[nH]ccc2c1CN1CC=C(OCC(F)F)CC1. The minimum Gasteiger partial charge on any atom is -0.496 e. The van der Waals surface area contributed by atoms with E-state index in [0.717, 1.165) is 40.9 Å². The zero-order chi connectivity index (χ0) is 17.1. The number of hydrogen-bond acceptors (Lipinski definition) is 3. The molecule has 6 heteroatoms. The third-order valence-electron chi connectivity index (χ3n) is 4.36. The van der Waals surface area contributed by atoms with Crippen molar-refractivity contribution < 1.29 is 18.3 Å². The molecule has 0 saturated heterocycles. The van der Waals surface area contributed by atoms with E-state index in [1.54, 1.807) is 7.11 Å². The van der Waals surface area contributed by atoms with Crippen LogP contribution < -0.4 is 4.74 Å². The van der Waals surface area contributed by atoms with E-state index in [4.69, 9.17) is 9.47 Å². The molecule has 24 heavy (non-hydrogen) atoms. The zero-order valence-electron chi connectivity index (χ0n) is 13.9. The smallest absolute Gasteiger partial charge is 0.272 e. The van der Waals surface area contributed by atoms with Gasteiger partial charge < -0.3 is 14.5 Å². The summed E-state index contributed by atoms with van der Waals surface area (Å²) in [6.45, 7) is 3.74. The van der Waals surface area contributed by atoms with E-state index in [1.165, 1.54) is 0 Å². The molecule has 1 aliphatic rings. The molecule has 1 aliphatic heterocycles. The van der Waals surface area contributed by atoms with E-state index in [0.29, 0.717) is 18.7 Å². The maximum Gasteiger partial charge on any atom is 0.272 e. The van der Waals surface area contributed by atoms with Crippen LogP contribution in [0.1, 0.15) is 17.5 Å². The van der Waals surface area contributed by atoms with Crippen molar-refractivity contribution in [1.29, 1.82) is 0 Å². The van der Waals surface area contributed by atoms with Gasteiger partial charge in [0.1, 0.15) is 12.4 Å². The lowest BCUT2D eigenvalue weighted by Crippen LogP contribution is -2.29. The van der Waals surface area contributed by atoms with Gasteiger partial charge in [0.15, 0.2) is 0 Å². The first-order valence-electron chi connectivity index (χ1n) is 8.04. The minimum atomic E-state index is -2.43. The second kappa shape index (κ2) is 7.21. The highest BCUT2D eigenvalue weighted by atomic mass is 19.3. The molecule has 0 spiro atoms. The summed E-state index contributed by atoms with van der Waals surface area (Å²) < 4.78 is 35.1. The first-order valence-corrected chi connectivity index (χ1v) is 8.04. The lowest BCUT2D eigenvalue weighted by molar-refractivity contribution is 0.0417. The molecule has 0 atom stereocenters. The van der Waals surface area contributed by atoms with Gasteiger partial charge in [0.2, 0.25) is 0 Å². The van der Waals surface area contributed by atoms with E-state index < -0.39 is 13.0 Å². The van der Waals surface area contributed by atoms with Gasteiger partial charge >= 0.3 is 0 Å². The lowest BCUT2D eigenvalue weighted by Gasteiger charge is -2.27. The number of ether oxygens (including phenoxy) is 2. The number of nitrogens with one attached hydrogen (secondary N) is 1. The first kappa shape index (κ1) is 16.8. The van der Waals surface area contributed by atoms with Crippen molar-refractivity contribution in [1.82, 2.24) is 9.88 Å². The Kier molecular flexibility index (Phi) is 5.04. The predicted molar refractivity (Wildman–Crippen MR) is 89.5 cm³/mol. The van der Waals surface area contributed by atoms with Crippen LogP contribution in [-0.2, 0) is 11.3 Å². The van der Waals surface area contributed by atoms with Crippen LogP contribution in [0.25, 0.3) is 10.9 Å². The molecule has 130 valence electrons. The largest absolute Gasteiger partial charge is 0.496 e. The summed E-state index contributed by atoms with van der Waals surface area (Å²) in [4.78, 5) is 5.53. The molecule has 3 rings (SSSR count). The molecule has 2 heterocycles. The lowest BCUT2D eigenvalue weighted by atomic mass is 10.0. The third kappa shape index (κ3) is 3.53. The third-order valence-corrected chi connectivity index (χ3v) is 4.36. The molecule has 0 radical (unpaired) electrons. The van der Waals surface area contributed by atoms with Crippen molar-refractivity contribution in [2.75, 3.05) is 26.8 Å². The zero-order valence-corrected chi connectivity index (χ0v) is 13.9. The van der Waals surface area contributed by atoms with Gasteiger partial charge in [0.05, 0.1) is 12.9 Å². The first-order chi connectivity index (χ1) is 11.6. The van der Waals surface area contributed by atoms with Gasteiger partial charge in [-0.05, 0) is 30.7 Å². The number of aryl methyl sites for hydroxylation is 1. The molecule has 1 aromatic carbocycles. The molecular weight excluding hydrogens is 314 g/mol. The molecule has 0 unspecified atom stereocenters. The van der Waals surface area contributed by atoms with Gasteiger partial charge in [-0.15, -0.1) is 0 Å². The van der Waals surface area contributed by atoms with Crippen LogP contribution in [0.3, 0.4) is 0 Å². The second-order valence-electron chi connectivity index (χ2n) is 6.00. The second-order valence-corrected chi connectivity index (χ2v) is 6.00. The quantitative estimate of drug-likeness (QED) is 0.870. The van der Waals surface area contributed by atoms with Crippen molar-refractivity contribution in [3.05, 3.63) is 41.3 Å². The molecular formula is C18H22F2N2O2. The maximum atomic E-state index is 12.2. The molecule has 1 N–H and O–H groups in total. The van der Waals surface area contributed by atoms with Crippen LogP contribution in [0.5, 0.6) is 5.75 Å². The van der Waals surface area contributed by atoms with Crippen LogP contribution in [0.2, 0.25) is 0 Å². The van der Waals surface area contributed by atoms with Gasteiger partial charge in [0, 0.05) is 48.7 Å². The monoisotopic (exact) mass is 336 g/mol. The Balaban J connectivity index is 1.74. The van der Waals surface area contributed by atoms with E-state index in [2.05, 4.69) is 22.9 Å². The molecule has 2 aromatic rings. The Labute approximate surface area is 140 Å². The summed E-state index contributed by atoms with van der Waals surface area (Å²) in [7, 11) is 1.68. The van der Waals surface area contributed by atoms with Gasteiger partial charge in [-0.2, -0.15) is 0 Å². The van der Waals surface area contributed by atoms with E-state index in [-0.39, 0.29) is 0 Å². The van der Waals surface area contributed by atoms with Crippen LogP contribution in [-0.4, -0.2) is 43.1 Å². The number of methoxy groups -OCH3 is 1. The Bertz CT molecular complexity index is 740. The minimum absolute atomic E-state index is 0.526. The molecule has 0 fully saturated rings. The highest BCUT2D eigenvalue weighted by Crippen LogP contribution is 2.32. The number of alkyl halides is 2. The van der Waals surface area contributed by atoms with Crippen molar-refractivity contribution in [3.63, 3.8) is 0 Å². The van der Waals surface area contributed by atoms with Crippen LogP contribution in [0.15, 0.2) is 30.2 Å². The molecule has 0 amide bonds. The Morgan fingerprint density at radius 2 is 2.21 bits per heavy atom. The number of hydrogen-bond donors (Lipinski definition) is 1. The number of rotatable bonds is 6. The number of nitrogens with zero attached hydrogens (tertiary/aromatic N) is 1. The number of fused-ring (bicyclic) bond motifs is 1. The number of aromatic amines is 1. The van der Waals surface area contributed by atoms with E-state index in [1.807, 2.05) is 18.3 Å². The number of halogens is 2. The summed E-state index contributed by atoms with van der Waals surface area (Å²) in [5.41, 5.74) is 3.42. The maximum absolute atomic E-state index is 12.2. The summed E-state index contributed by atoms with van der Waals surface area (Å²) in [6.07, 6.45) is 2.05. The predicted octanol–water partition coefficient (Wildman–Crippen LogP) is 3.86. The standard InChI is InChI=1S/C18H22F2N2O2/c1-12-9-16(23-2)15(14-3-6-21-18(12)14)10-22-7-4-13(5-8-22)24-11-17(19)20/h3-4,6,9,17,21H,5,7-8,10-11H2,1-2H3. The Morgan fingerprint density at radius 3 is 2.88 bits per heavy atom. The fourth-order valence-corrected chi connectivity index (χ4v) is 3.14. The highest BCUT2D eigenvalue weighted by Gasteiger charge is 2.18. The number of H-pyrrole nitrogens is 1. The fraction of sp³-hybridized carbons (Fsp3) is 0.444. The van der Waals surface area contributed by atoms with Crippen LogP contribution in [0, 0.1) is 6.92 Å². The average Bonchev–Trinajstić information content (AvgIpc) is 3.06. The summed E-state index contributed by atoms with van der Waals surface area (Å²) >= 11 is 0. The molecule has 1 aromatic heterocycles. The summed E-state index contributed by atoms with van der Waals surface area (Å²) in [6, 6.07) is 4.11. The van der Waals surface area contributed by atoms with Gasteiger partial charge in [0.25, 0.3) is 6.43 Å². The highest BCUT2D eigenvalue weighted by molar-refractivity contribution is 5.88. The van der Waals surface area contributed by atoms with E-state index >= 15 is 0 Å².